The second-order valence-electron chi connectivity index (χ2n) is 2.78. The van der Waals surface area contributed by atoms with Gasteiger partial charge in [-0.2, -0.15) is 0 Å². The lowest BCUT2D eigenvalue weighted by Crippen LogP contribution is -1.94. The van der Waals surface area contributed by atoms with Crippen LogP contribution in [0.15, 0.2) is 22.9 Å². The van der Waals surface area contributed by atoms with E-state index in [1.54, 1.807) is 16.7 Å². The summed E-state index contributed by atoms with van der Waals surface area (Å²) in [4.78, 5) is 14.6. The Bertz CT molecular complexity index is 521. The fraction of sp³-hybridized carbons (Fsp3) is 0. The van der Waals surface area contributed by atoms with Crippen molar-refractivity contribution in [1.29, 1.82) is 0 Å². The van der Waals surface area contributed by atoms with Crippen LogP contribution in [0.3, 0.4) is 0 Å². The van der Waals surface area contributed by atoms with Crippen LogP contribution in [0.25, 0.3) is 5.65 Å². The third-order valence-corrected chi connectivity index (χ3v) is 2.33. The number of nitrogen functional groups attached to an aromatic ring is 1. The Labute approximate surface area is 87.3 Å². The van der Waals surface area contributed by atoms with E-state index in [4.69, 9.17) is 10.8 Å². The van der Waals surface area contributed by atoms with Crippen LogP contribution >= 0.6 is 15.9 Å². The van der Waals surface area contributed by atoms with Crippen molar-refractivity contribution in [2.45, 2.75) is 0 Å². The number of hydrogen-bond donors (Lipinski definition) is 2. The predicted octanol–water partition coefficient (Wildman–Crippen LogP) is 1.38. The van der Waals surface area contributed by atoms with Gasteiger partial charge in [-0.3, -0.25) is 0 Å². The van der Waals surface area contributed by atoms with Crippen LogP contribution in [0.2, 0.25) is 0 Å². The summed E-state index contributed by atoms with van der Waals surface area (Å²) in [5.41, 5.74) is 6.66. The average Bonchev–Trinajstić information content (AvgIpc) is 2.47. The maximum absolute atomic E-state index is 10.6. The first kappa shape index (κ1) is 9.01. The highest BCUT2D eigenvalue weighted by Gasteiger charge is 2.10. The summed E-state index contributed by atoms with van der Waals surface area (Å²) >= 11 is 3.25. The Hall–Kier alpha value is -1.56. The van der Waals surface area contributed by atoms with Crippen LogP contribution in [-0.4, -0.2) is 20.5 Å². The summed E-state index contributed by atoms with van der Waals surface area (Å²) in [6.07, 6.45) is 3.03. The number of aromatic nitrogens is 2. The first-order valence-corrected chi connectivity index (χ1v) is 4.54. The normalized spacial score (nSPS) is 10.6. The lowest BCUT2D eigenvalue weighted by atomic mass is 10.4. The fourth-order valence-electron chi connectivity index (χ4n) is 1.18. The maximum Gasteiger partial charge on any atom is 0.356 e. The second kappa shape index (κ2) is 2.98. The molecule has 0 fully saturated rings. The molecule has 5 nitrogen and oxygen atoms in total. The van der Waals surface area contributed by atoms with Gasteiger partial charge < -0.3 is 15.2 Å². The molecule has 0 aliphatic heterocycles. The summed E-state index contributed by atoms with van der Waals surface area (Å²) in [7, 11) is 0. The van der Waals surface area contributed by atoms with Gasteiger partial charge in [0.15, 0.2) is 11.3 Å². The average molecular weight is 256 g/mol. The standard InChI is InChI=1S/C8H6BrN3O2/c9-5-1-4(10)2-12-3-6(8(13)14)11-7(5)12/h1-3H,10H2,(H,13,14). The minimum absolute atomic E-state index is 0.00343. The van der Waals surface area contributed by atoms with E-state index in [0.29, 0.717) is 15.8 Å². The minimum atomic E-state index is -1.06. The number of fused-ring (bicyclic) bond motifs is 1. The SMILES string of the molecule is Nc1cc(Br)c2nc(C(=O)O)cn2c1. The van der Waals surface area contributed by atoms with E-state index < -0.39 is 5.97 Å². The number of imidazole rings is 1. The number of anilines is 1. The lowest BCUT2D eigenvalue weighted by Gasteiger charge is -1.97. The number of pyridine rings is 1. The molecule has 0 aliphatic carbocycles. The number of rotatable bonds is 1. The molecule has 0 bridgehead atoms. The topological polar surface area (TPSA) is 80.6 Å². The summed E-state index contributed by atoms with van der Waals surface area (Å²) < 4.78 is 2.24. The molecule has 2 rings (SSSR count). The van der Waals surface area contributed by atoms with Gasteiger partial charge >= 0.3 is 5.97 Å². The van der Waals surface area contributed by atoms with Crippen LogP contribution in [0, 0.1) is 0 Å². The van der Waals surface area contributed by atoms with E-state index in [1.165, 1.54) is 6.20 Å². The molecule has 2 heterocycles. The number of aromatic carboxylic acids is 1. The zero-order valence-corrected chi connectivity index (χ0v) is 8.52. The van der Waals surface area contributed by atoms with Gasteiger partial charge in [-0.15, -0.1) is 0 Å². The van der Waals surface area contributed by atoms with Gasteiger partial charge in [0.05, 0.1) is 4.47 Å². The van der Waals surface area contributed by atoms with Gasteiger partial charge in [0.2, 0.25) is 0 Å². The Morgan fingerprint density at radius 2 is 2.29 bits per heavy atom. The number of carboxylic acid groups (broad SMARTS) is 1. The molecule has 72 valence electrons. The molecule has 0 aliphatic rings. The van der Waals surface area contributed by atoms with Gasteiger partial charge in [0, 0.05) is 18.1 Å². The van der Waals surface area contributed by atoms with E-state index in [1.807, 2.05) is 0 Å². The minimum Gasteiger partial charge on any atom is -0.476 e. The van der Waals surface area contributed by atoms with Crippen molar-refractivity contribution in [3.05, 3.63) is 28.6 Å². The highest BCUT2D eigenvalue weighted by molar-refractivity contribution is 9.10. The monoisotopic (exact) mass is 255 g/mol. The zero-order chi connectivity index (χ0) is 10.3. The molecule has 0 saturated heterocycles. The van der Waals surface area contributed by atoms with E-state index in [-0.39, 0.29) is 5.69 Å². The largest absolute Gasteiger partial charge is 0.476 e. The molecule has 2 aromatic heterocycles. The Balaban J connectivity index is 2.76. The smallest absolute Gasteiger partial charge is 0.356 e. The molecule has 0 unspecified atom stereocenters. The van der Waals surface area contributed by atoms with E-state index >= 15 is 0 Å². The second-order valence-corrected chi connectivity index (χ2v) is 3.64. The Morgan fingerprint density at radius 1 is 1.57 bits per heavy atom. The highest BCUT2D eigenvalue weighted by atomic mass is 79.9. The molecular formula is C8H6BrN3O2. The lowest BCUT2D eigenvalue weighted by molar-refractivity contribution is 0.0691. The maximum atomic E-state index is 10.6. The van der Waals surface area contributed by atoms with Gasteiger partial charge in [-0.05, 0) is 22.0 Å². The van der Waals surface area contributed by atoms with Gasteiger partial charge in [-0.25, -0.2) is 9.78 Å². The number of hydrogen-bond acceptors (Lipinski definition) is 3. The quantitative estimate of drug-likeness (QED) is 0.807. The van der Waals surface area contributed by atoms with E-state index in [9.17, 15) is 4.79 Å². The van der Waals surface area contributed by atoms with Gasteiger partial charge in [0.1, 0.15) is 0 Å². The number of nitrogens with zero attached hydrogens (tertiary/aromatic N) is 2. The van der Waals surface area contributed by atoms with Crippen molar-refractivity contribution in [2.75, 3.05) is 5.73 Å². The van der Waals surface area contributed by atoms with Crippen molar-refractivity contribution in [1.82, 2.24) is 9.38 Å². The van der Waals surface area contributed by atoms with Crippen LogP contribution in [0.4, 0.5) is 5.69 Å². The van der Waals surface area contributed by atoms with Crippen LogP contribution < -0.4 is 5.73 Å². The van der Waals surface area contributed by atoms with Crippen LogP contribution in [-0.2, 0) is 0 Å². The molecule has 14 heavy (non-hydrogen) atoms. The molecule has 3 N–H and O–H groups in total. The highest BCUT2D eigenvalue weighted by Crippen LogP contribution is 2.20. The number of carbonyl (C=O) groups is 1. The van der Waals surface area contributed by atoms with Crippen molar-refractivity contribution < 1.29 is 9.90 Å². The van der Waals surface area contributed by atoms with E-state index in [0.717, 1.165) is 0 Å². The summed E-state index contributed by atoms with van der Waals surface area (Å²) in [6, 6.07) is 1.67. The summed E-state index contributed by atoms with van der Waals surface area (Å²) in [6.45, 7) is 0. The van der Waals surface area contributed by atoms with Crippen molar-refractivity contribution >= 4 is 33.2 Å². The first-order valence-electron chi connectivity index (χ1n) is 3.75. The van der Waals surface area contributed by atoms with Crippen LogP contribution in [0.1, 0.15) is 10.5 Å². The third kappa shape index (κ3) is 1.33. The summed E-state index contributed by atoms with van der Waals surface area (Å²) in [5, 5.41) is 8.72. The number of carboxylic acids is 1. The fourth-order valence-corrected chi connectivity index (χ4v) is 1.74. The molecule has 0 spiro atoms. The molecule has 0 atom stereocenters. The number of nitrogens with two attached hydrogens (primary N) is 1. The number of halogens is 1. The van der Waals surface area contributed by atoms with Crippen molar-refractivity contribution in [2.24, 2.45) is 0 Å². The molecular weight excluding hydrogens is 250 g/mol. The Kier molecular flexibility index (Phi) is 1.92. The molecule has 0 saturated carbocycles. The zero-order valence-electron chi connectivity index (χ0n) is 6.94. The predicted molar refractivity (Wildman–Crippen MR) is 54.3 cm³/mol. The van der Waals surface area contributed by atoms with Crippen LogP contribution in [0.5, 0.6) is 0 Å². The molecule has 2 aromatic rings. The molecule has 0 amide bonds. The van der Waals surface area contributed by atoms with Crippen molar-refractivity contribution in [3.8, 4) is 0 Å². The molecule has 0 radical (unpaired) electrons. The third-order valence-electron chi connectivity index (χ3n) is 1.75. The van der Waals surface area contributed by atoms with Gasteiger partial charge in [-0.1, -0.05) is 0 Å². The van der Waals surface area contributed by atoms with Gasteiger partial charge in [0.25, 0.3) is 0 Å². The molecule has 6 heteroatoms. The van der Waals surface area contributed by atoms with E-state index in [2.05, 4.69) is 20.9 Å². The first-order chi connectivity index (χ1) is 6.58. The molecule has 0 aromatic carbocycles. The summed E-state index contributed by atoms with van der Waals surface area (Å²) in [5.74, 6) is -1.06. The Morgan fingerprint density at radius 3 is 2.93 bits per heavy atom. The van der Waals surface area contributed by atoms with Crippen molar-refractivity contribution in [3.63, 3.8) is 0 Å².